The smallest absolute Gasteiger partial charge is 0.407 e. The molecule has 0 spiro atoms. The van der Waals surface area contributed by atoms with Crippen LogP contribution in [0.1, 0.15) is 32.0 Å². The minimum atomic E-state index is -0.453. The predicted octanol–water partition coefficient (Wildman–Crippen LogP) is 1.33. The number of nitrogens with zero attached hydrogens (tertiary/aromatic N) is 1. The fourth-order valence-corrected chi connectivity index (χ4v) is 1.34. The van der Waals surface area contributed by atoms with Crippen molar-refractivity contribution in [1.82, 2.24) is 20.8 Å². The second-order valence-corrected chi connectivity index (χ2v) is 5.13. The Morgan fingerprint density at radius 1 is 1.44 bits per heavy atom. The molecule has 0 saturated carbocycles. The van der Waals surface area contributed by atoms with E-state index in [0.29, 0.717) is 13.1 Å². The molecule has 6 heteroatoms. The molecule has 0 bridgehead atoms. The van der Waals surface area contributed by atoms with E-state index in [1.807, 2.05) is 27.7 Å². The van der Waals surface area contributed by atoms with E-state index in [0.717, 1.165) is 17.8 Å². The van der Waals surface area contributed by atoms with Crippen molar-refractivity contribution in [1.29, 1.82) is 0 Å². The Balaban J connectivity index is 2.09. The average Bonchev–Trinajstić information content (AvgIpc) is 2.61. The SMILES string of the molecule is Cc1[nH]ncc1CNCCNC(=O)OC(C)(C)C. The van der Waals surface area contributed by atoms with Crippen LogP contribution in [0.25, 0.3) is 0 Å². The number of hydrogen-bond donors (Lipinski definition) is 3. The van der Waals surface area contributed by atoms with Crippen molar-refractivity contribution in [2.75, 3.05) is 13.1 Å². The number of H-pyrrole nitrogens is 1. The van der Waals surface area contributed by atoms with Gasteiger partial charge in [-0.1, -0.05) is 0 Å². The van der Waals surface area contributed by atoms with Gasteiger partial charge in [0.1, 0.15) is 5.60 Å². The maximum absolute atomic E-state index is 11.3. The van der Waals surface area contributed by atoms with Crippen LogP contribution in [0.2, 0.25) is 0 Å². The molecular weight excluding hydrogens is 232 g/mol. The zero-order valence-corrected chi connectivity index (χ0v) is 11.5. The largest absolute Gasteiger partial charge is 0.444 e. The lowest BCUT2D eigenvalue weighted by Crippen LogP contribution is -2.36. The highest BCUT2D eigenvalue weighted by Crippen LogP contribution is 2.06. The second-order valence-electron chi connectivity index (χ2n) is 5.13. The fraction of sp³-hybridized carbons (Fsp3) is 0.667. The Kier molecular flexibility index (Phi) is 5.15. The summed E-state index contributed by atoms with van der Waals surface area (Å²) in [5.41, 5.74) is 1.74. The molecule has 3 N–H and O–H groups in total. The van der Waals surface area contributed by atoms with Crippen LogP contribution in [-0.4, -0.2) is 35.0 Å². The summed E-state index contributed by atoms with van der Waals surface area (Å²) in [7, 11) is 0. The highest BCUT2D eigenvalue weighted by Gasteiger charge is 2.15. The van der Waals surface area contributed by atoms with Crippen LogP contribution >= 0.6 is 0 Å². The van der Waals surface area contributed by atoms with E-state index < -0.39 is 5.60 Å². The lowest BCUT2D eigenvalue weighted by atomic mass is 10.2. The van der Waals surface area contributed by atoms with E-state index in [9.17, 15) is 4.79 Å². The Morgan fingerprint density at radius 2 is 2.17 bits per heavy atom. The molecule has 0 unspecified atom stereocenters. The number of rotatable bonds is 5. The second kappa shape index (κ2) is 6.39. The van der Waals surface area contributed by atoms with Crippen molar-refractivity contribution < 1.29 is 9.53 Å². The number of carbonyl (C=O) groups is 1. The molecule has 0 saturated heterocycles. The lowest BCUT2D eigenvalue weighted by Gasteiger charge is -2.19. The number of ether oxygens (including phenoxy) is 1. The van der Waals surface area contributed by atoms with E-state index in [1.165, 1.54) is 0 Å². The lowest BCUT2D eigenvalue weighted by molar-refractivity contribution is 0.0528. The molecule has 6 nitrogen and oxygen atoms in total. The van der Waals surface area contributed by atoms with E-state index in [-0.39, 0.29) is 6.09 Å². The van der Waals surface area contributed by atoms with Gasteiger partial charge in [0.15, 0.2) is 0 Å². The molecule has 0 aliphatic heterocycles. The van der Waals surface area contributed by atoms with Gasteiger partial charge in [-0.3, -0.25) is 5.10 Å². The number of carbonyl (C=O) groups excluding carboxylic acids is 1. The summed E-state index contributed by atoms with van der Waals surface area (Å²) in [6.45, 7) is 9.45. The molecule has 0 aromatic carbocycles. The van der Waals surface area contributed by atoms with Crippen molar-refractivity contribution in [3.8, 4) is 0 Å². The van der Waals surface area contributed by atoms with Crippen molar-refractivity contribution >= 4 is 6.09 Å². The van der Waals surface area contributed by atoms with Gasteiger partial charge in [-0.25, -0.2) is 4.79 Å². The van der Waals surface area contributed by atoms with Gasteiger partial charge in [0, 0.05) is 30.9 Å². The normalized spacial score (nSPS) is 11.3. The average molecular weight is 254 g/mol. The number of amides is 1. The Hall–Kier alpha value is -1.56. The van der Waals surface area contributed by atoms with Gasteiger partial charge in [0.2, 0.25) is 0 Å². The number of hydrogen-bond acceptors (Lipinski definition) is 4. The quantitative estimate of drug-likeness (QED) is 0.693. The van der Waals surface area contributed by atoms with Gasteiger partial charge >= 0.3 is 6.09 Å². The molecule has 1 heterocycles. The first kappa shape index (κ1) is 14.5. The monoisotopic (exact) mass is 254 g/mol. The summed E-state index contributed by atoms with van der Waals surface area (Å²) in [6.07, 6.45) is 1.41. The van der Waals surface area contributed by atoms with Gasteiger partial charge in [0.05, 0.1) is 6.20 Å². The van der Waals surface area contributed by atoms with Gasteiger partial charge in [-0.05, 0) is 27.7 Å². The molecule has 102 valence electrons. The molecule has 0 aliphatic rings. The number of aromatic amines is 1. The number of nitrogens with one attached hydrogen (secondary N) is 3. The van der Waals surface area contributed by atoms with Crippen LogP contribution in [0.5, 0.6) is 0 Å². The van der Waals surface area contributed by atoms with E-state index in [4.69, 9.17) is 4.74 Å². The predicted molar refractivity (Wildman–Crippen MR) is 69.3 cm³/mol. The third-order valence-electron chi connectivity index (χ3n) is 2.22. The van der Waals surface area contributed by atoms with E-state index >= 15 is 0 Å². The van der Waals surface area contributed by atoms with E-state index in [1.54, 1.807) is 6.20 Å². The van der Waals surface area contributed by atoms with E-state index in [2.05, 4.69) is 20.8 Å². The zero-order chi connectivity index (χ0) is 13.6. The van der Waals surface area contributed by atoms with Crippen molar-refractivity contribution in [3.63, 3.8) is 0 Å². The number of alkyl carbamates (subject to hydrolysis) is 1. The summed E-state index contributed by atoms with van der Waals surface area (Å²) >= 11 is 0. The van der Waals surface area contributed by atoms with Gasteiger partial charge in [0.25, 0.3) is 0 Å². The molecule has 0 radical (unpaired) electrons. The zero-order valence-electron chi connectivity index (χ0n) is 11.5. The van der Waals surface area contributed by atoms with Crippen LogP contribution in [0.15, 0.2) is 6.20 Å². The molecule has 1 rings (SSSR count). The summed E-state index contributed by atoms with van der Waals surface area (Å²) in [5.74, 6) is 0. The molecule has 0 atom stereocenters. The highest BCUT2D eigenvalue weighted by atomic mass is 16.6. The van der Waals surface area contributed by atoms with Crippen LogP contribution in [0.4, 0.5) is 4.79 Å². The molecule has 1 amide bonds. The molecule has 0 aliphatic carbocycles. The number of aromatic nitrogens is 2. The first-order valence-electron chi connectivity index (χ1n) is 6.05. The number of aryl methyl sites for hydroxylation is 1. The first-order valence-corrected chi connectivity index (χ1v) is 6.05. The van der Waals surface area contributed by atoms with Gasteiger partial charge in [-0.15, -0.1) is 0 Å². The van der Waals surface area contributed by atoms with Crippen molar-refractivity contribution in [2.24, 2.45) is 0 Å². The summed E-state index contributed by atoms with van der Waals surface area (Å²) < 4.78 is 5.12. The Morgan fingerprint density at radius 3 is 2.72 bits per heavy atom. The standard InChI is InChI=1S/C12H22N4O2/c1-9-10(8-15-16-9)7-13-5-6-14-11(17)18-12(2,3)4/h8,13H,5-7H2,1-4H3,(H,14,17)(H,15,16). The summed E-state index contributed by atoms with van der Waals surface area (Å²) in [4.78, 5) is 11.3. The van der Waals surface area contributed by atoms with Gasteiger partial charge < -0.3 is 15.4 Å². The molecule has 1 aromatic heterocycles. The van der Waals surface area contributed by atoms with Crippen LogP contribution in [0.3, 0.4) is 0 Å². The molecule has 1 aromatic rings. The maximum atomic E-state index is 11.3. The summed E-state index contributed by atoms with van der Waals surface area (Å²) in [6, 6.07) is 0. The van der Waals surface area contributed by atoms with Crippen LogP contribution in [-0.2, 0) is 11.3 Å². The summed E-state index contributed by atoms with van der Waals surface area (Å²) in [5, 5.41) is 12.7. The van der Waals surface area contributed by atoms with Crippen LogP contribution < -0.4 is 10.6 Å². The van der Waals surface area contributed by atoms with Crippen molar-refractivity contribution in [2.45, 2.75) is 39.8 Å². The molecule has 18 heavy (non-hydrogen) atoms. The van der Waals surface area contributed by atoms with Crippen LogP contribution in [0, 0.1) is 6.92 Å². The first-order chi connectivity index (χ1) is 8.38. The third-order valence-corrected chi connectivity index (χ3v) is 2.22. The Bertz CT molecular complexity index is 382. The van der Waals surface area contributed by atoms with Gasteiger partial charge in [-0.2, -0.15) is 5.10 Å². The maximum Gasteiger partial charge on any atom is 0.407 e. The Labute approximate surface area is 107 Å². The third kappa shape index (κ3) is 5.67. The minimum absolute atomic E-state index is 0.385. The van der Waals surface area contributed by atoms with Crippen molar-refractivity contribution in [3.05, 3.63) is 17.5 Å². The minimum Gasteiger partial charge on any atom is -0.444 e. The molecule has 0 fully saturated rings. The highest BCUT2D eigenvalue weighted by molar-refractivity contribution is 5.67. The fourth-order valence-electron chi connectivity index (χ4n) is 1.34. The topological polar surface area (TPSA) is 79.0 Å². The molecular formula is C12H22N4O2.